The van der Waals surface area contributed by atoms with Gasteiger partial charge in [-0.05, 0) is 30.5 Å². The molecule has 8 heteroatoms. The summed E-state index contributed by atoms with van der Waals surface area (Å²) in [5, 5.41) is 10.8. The monoisotopic (exact) mass is 406 g/mol. The van der Waals surface area contributed by atoms with Crippen molar-refractivity contribution in [2.45, 2.75) is 31.8 Å². The number of carbonyl (C=O) groups excluding carboxylic acids is 1. The van der Waals surface area contributed by atoms with Crippen LogP contribution < -0.4 is 5.73 Å². The number of aromatic nitrogens is 3. The number of nitrogens with zero attached hydrogens (tertiary/aromatic N) is 5. The van der Waals surface area contributed by atoms with Crippen LogP contribution in [0.25, 0.3) is 22.2 Å². The van der Waals surface area contributed by atoms with Crippen LogP contribution in [0.1, 0.15) is 25.8 Å². The number of nitrogen functional groups attached to an aromatic ring is 1. The van der Waals surface area contributed by atoms with Crippen molar-refractivity contribution in [3.8, 4) is 16.9 Å². The van der Waals surface area contributed by atoms with Gasteiger partial charge in [-0.25, -0.2) is 9.97 Å². The molecule has 1 saturated heterocycles. The second-order valence-corrected chi connectivity index (χ2v) is 8.28. The lowest BCUT2D eigenvalue weighted by Crippen LogP contribution is -2.54. The number of hydrogen-bond donors (Lipinski definition) is 2. The molecule has 0 spiro atoms. The molecule has 0 atom stereocenters. The van der Waals surface area contributed by atoms with Crippen molar-refractivity contribution in [1.29, 1.82) is 0 Å². The van der Waals surface area contributed by atoms with E-state index in [4.69, 9.17) is 5.73 Å². The zero-order valence-electron chi connectivity index (χ0n) is 17.0. The Bertz CT molecular complexity index is 1100. The van der Waals surface area contributed by atoms with Gasteiger partial charge in [0.1, 0.15) is 23.5 Å². The van der Waals surface area contributed by atoms with E-state index in [9.17, 15) is 9.90 Å². The maximum absolute atomic E-state index is 11.6. The number of benzene rings is 1. The van der Waals surface area contributed by atoms with Crippen molar-refractivity contribution < 1.29 is 9.90 Å². The number of anilines is 1. The number of carbonyl (C=O) groups is 1. The molecule has 30 heavy (non-hydrogen) atoms. The second kappa shape index (κ2) is 7.28. The van der Waals surface area contributed by atoms with Gasteiger partial charge in [-0.2, -0.15) is 0 Å². The summed E-state index contributed by atoms with van der Waals surface area (Å²) >= 11 is 0. The number of hydrogen-bond acceptors (Lipinski definition) is 6. The molecule has 0 unspecified atom stereocenters. The van der Waals surface area contributed by atoms with Crippen molar-refractivity contribution in [2.75, 3.05) is 31.9 Å². The van der Waals surface area contributed by atoms with Crippen LogP contribution in [0, 0.1) is 0 Å². The molecule has 1 amide bonds. The first-order valence-electron chi connectivity index (χ1n) is 10.4. The Kier molecular flexibility index (Phi) is 4.58. The zero-order chi connectivity index (χ0) is 20.8. The van der Waals surface area contributed by atoms with Crippen LogP contribution in [0.3, 0.4) is 0 Å². The summed E-state index contributed by atoms with van der Waals surface area (Å²) in [6.45, 7) is 5.15. The molecule has 3 aromatic rings. The molecule has 2 aliphatic rings. The van der Waals surface area contributed by atoms with Gasteiger partial charge >= 0.3 is 0 Å². The van der Waals surface area contributed by atoms with E-state index in [-0.39, 0.29) is 11.7 Å². The molecule has 1 aromatic carbocycles. The number of aromatic hydroxyl groups is 1. The number of piperazine rings is 1. The highest BCUT2D eigenvalue weighted by Crippen LogP contribution is 2.42. The third-order valence-electron chi connectivity index (χ3n) is 6.55. The number of rotatable bonds is 3. The van der Waals surface area contributed by atoms with E-state index in [1.54, 1.807) is 19.1 Å². The van der Waals surface area contributed by atoms with Crippen molar-refractivity contribution >= 4 is 22.8 Å². The SMILES string of the molecule is CC(=O)N1CCN(C2CC(n3cc(-c4cccc(O)c4)c4c(N)ncnc43)C2)CC1. The third-order valence-corrected chi connectivity index (χ3v) is 6.55. The van der Waals surface area contributed by atoms with E-state index in [2.05, 4.69) is 25.6 Å². The predicted octanol–water partition coefficient (Wildman–Crippen LogP) is 2.25. The molecule has 2 aromatic heterocycles. The standard InChI is InChI=1S/C22H26N6O2/c1-14(29)26-5-7-27(8-6-26)16-10-17(11-16)28-12-19(15-3-2-4-18(30)9-15)20-21(23)24-13-25-22(20)28/h2-4,9,12-13,16-17,30H,5-8,10-11H2,1H3,(H2,23,24,25). The lowest BCUT2D eigenvalue weighted by molar-refractivity contribution is -0.131. The minimum atomic E-state index is 0.164. The topological polar surface area (TPSA) is 101 Å². The maximum Gasteiger partial charge on any atom is 0.219 e. The second-order valence-electron chi connectivity index (χ2n) is 8.28. The number of phenols is 1. The van der Waals surface area contributed by atoms with Crippen LogP contribution in [0.15, 0.2) is 36.8 Å². The fourth-order valence-corrected chi connectivity index (χ4v) is 4.77. The van der Waals surface area contributed by atoms with Gasteiger partial charge in [0.25, 0.3) is 0 Å². The summed E-state index contributed by atoms with van der Waals surface area (Å²) in [5.74, 6) is 0.835. The maximum atomic E-state index is 11.6. The molecule has 1 saturated carbocycles. The predicted molar refractivity (Wildman–Crippen MR) is 115 cm³/mol. The van der Waals surface area contributed by atoms with Gasteiger partial charge in [0.05, 0.1) is 5.39 Å². The first-order valence-corrected chi connectivity index (χ1v) is 10.4. The van der Waals surface area contributed by atoms with Gasteiger partial charge in [0.15, 0.2) is 0 Å². The highest BCUT2D eigenvalue weighted by atomic mass is 16.3. The lowest BCUT2D eigenvalue weighted by atomic mass is 9.85. The van der Waals surface area contributed by atoms with E-state index < -0.39 is 0 Å². The molecule has 0 radical (unpaired) electrons. The van der Waals surface area contributed by atoms with Crippen LogP contribution in [-0.4, -0.2) is 67.6 Å². The van der Waals surface area contributed by atoms with Crippen molar-refractivity contribution in [3.63, 3.8) is 0 Å². The van der Waals surface area contributed by atoms with Crippen molar-refractivity contribution in [3.05, 3.63) is 36.8 Å². The Morgan fingerprint density at radius 3 is 2.60 bits per heavy atom. The Morgan fingerprint density at radius 2 is 1.90 bits per heavy atom. The summed E-state index contributed by atoms with van der Waals surface area (Å²) in [7, 11) is 0. The van der Waals surface area contributed by atoms with E-state index in [0.29, 0.717) is 17.9 Å². The molecule has 3 heterocycles. The van der Waals surface area contributed by atoms with Gasteiger partial charge in [0, 0.05) is 56.9 Å². The highest BCUT2D eigenvalue weighted by Gasteiger charge is 2.37. The van der Waals surface area contributed by atoms with Gasteiger partial charge in [0.2, 0.25) is 5.91 Å². The van der Waals surface area contributed by atoms with Crippen LogP contribution in [0.2, 0.25) is 0 Å². The molecule has 1 aliphatic carbocycles. The summed E-state index contributed by atoms with van der Waals surface area (Å²) in [4.78, 5) is 24.7. The molecule has 3 N–H and O–H groups in total. The molecular formula is C22H26N6O2. The first-order chi connectivity index (χ1) is 14.5. The van der Waals surface area contributed by atoms with E-state index in [1.807, 2.05) is 17.0 Å². The molecular weight excluding hydrogens is 380 g/mol. The van der Waals surface area contributed by atoms with Gasteiger partial charge < -0.3 is 20.3 Å². The minimum Gasteiger partial charge on any atom is -0.508 e. The molecule has 2 fully saturated rings. The van der Waals surface area contributed by atoms with Crippen LogP contribution in [-0.2, 0) is 4.79 Å². The van der Waals surface area contributed by atoms with Gasteiger partial charge in [-0.15, -0.1) is 0 Å². The highest BCUT2D eigenvalue weighted by molar-refractivity contribution is 6.00. The summed E-state index contributed by atoms with van der Waals surface area (Å²) < 4.78 is 2.22. The molecule has 1 aliphatic heterocycles. The van der Waals surface area contributed by atoms with Crippen LogP contribution >= 0.6 is 0 Å². The Morgan fingerprint density at radius 1 is 1.13 bits per heavy atom. The number of amides is 1. The Labute approximate surface area is 174 Å². The lowest BCUT2D eigenvalue weighted by Gasteiger charge is -2.46. The summed E-state index contributed by atoms with van der Waals surface area (Å²) in [6.07, 6.45) is 5.71. The van der Waals surface area contributed by atoms with E-state index >= 15 is 0 Å². The van der Waals surface area contributed by atoms with Gasteiger partial charge in [-0.3, -0.25) is 9.69 Å². The average molecular weight is 406 g/mol. The molecule has 0 bridgehead atoms. The molecule has 156 valence electrons. The van der Waals surface area contributed by atoms with E-state index in [1.165, 1.54) is 6.33 Å². The number of nitrogens with two attached hydrogens (primary N) is 1. The number of fused-ring (bicyclic) bond motifs is 1. The Balaban J connectivity index is 1.39. The Hall–Kier alpha value is -3.13. The quantitative estimate of drug-likeness (QED) is 0.692. The third kappa shape index (κ3) is 3.17. The fourth-order valence-electron chi connectivity index (χ4n) is 4.77. The first kappa shape index (κ1) is 18.9. The largest absolute Gasteiger partial charge is 0.508 e. The fraction of sp³-hybridized carbons (Fsp3) is 0.409. The van der Waals surface area contributed by atoms with E-state index in [0.717, 1.165) is 61.2 Å². The normalized spacial score (nSPS) is 22.2. The van der Waals surface area contributed by atoms with Crippen LogP contribution in [0.4, 0.5) is 5.82 Å². The minimum absolute atomic E-state index is 0.164. The summed E-state index contributed by atoms with van der Waals surface area (Å²) in [5.41, 5.74) is 8.90. The zero-order valence-corrected chi connectivity index (χ0v) is 17.0. The van der Waals surface area contributed by atoms with Crippen molar-refractivity contribution in [1.82, 2.24) is 24.3 Å². The molecule has 5 rings (SSSR count). The van der Waals surface area contributed by atoms with Gasteiger partial charge in [-0.1, -0.05) is 12.1 Å². The summed E-state index contributed by atoms with van der Waals surface area (Å²) in [6, 6.07) is 8.07. The smallest absolute Gasteiger partial charge is 0.219 e. The average Bonchev–Trinajstić information content (AvgIpc) is 3.08. The number of phenolic OH excluding ortho intramolecular Hbond substituents is 1. The van der Waals surface area contributed by atoms with Crippen molar-refractivity contribution in [2.24, 2.45) is 0 Å². The molecule has 8 nitrogen and oxygen atoms in total. The van der Waals surface area contributed by atoms with Crippen LogP contribution in [0.5, 0.6) is 5.75 Å².